The van der Waals surface area contributed by atoms with Crippen LogP contribution in [0.5, 0.6) is 0 Å². The van der Waals surface area contributed by atoms with Gasteiger partial charge in [0.05, 0.1) is 0 Å². The summed E-state index contributed by atoms with van der Waals surface area (Å²) in [6, 6.07) is 0.0684. The summed E-state index contributed by atoms with van der Waals surface area (Å²) in [7, 11) is 0. The number of Topliss-reactive ketones (excluding diaryl/α,β-unsaturated/α-hetero) is 1. The maximum Gasteiger partial charge on any atom is 0.303 e. The Morgan fingerprint density at radius 1 is 1.19 bits per heavy atom. The van der Waals surface area contributed by atoms with E-state index in [0.29, 0.717) is 18.1 Å². The van der Waals surface area contributed by atoms with Crippen LogP contribution in [0.1, 0.15) is 96.8 Å². The van der Waals surface area contributed by atoms with E-state index in [9.17, 15) is 9.59 Å². The predicted octanol–water partition coefficient (Wildman–Crippen LogP) is 6.05. The minimum Gasteiger partial charge on any atom is -0.481 e. The molecule has 1 saturated carbocycles. The van der Waals surface area contributed by atoms with Crippen LogP contribution in [-0.4, -0.2) is 22.9 Å². The molecule has 6 nitrogen and oxygen atoms in total. The number of carbonyl (C=O) groups excluding carboxylic acids is 1. The van der Waals surface area contributed by atoms with E-state index >= 15 is 0 Å². The molecule has 0 aromatic heterocycles. The summed E-state index contributed by atoms with van der Waals surface area (Å²) >= 11 is 0. The van der Waals surface area contributed by atoms with E-state index in [4.69, 9.17) is 10.6 Å². The number of aliphatic carboxylic acids is 1. The van der Waals surface area contributed by atoms with E-state index in [1.165, 1.54) is 6.42 Å². The van der Waals surface area contributed by atoms with Gasteiger partial charge in [-0.05, 0) is 50.0 Å². The summed E-state index contributed by atoms with van der Waals surface area (Å²) in [5.74, 6) is 0.261. The summed E-state index contributed by atoms with van der Waals surface area (Å²) in [5, 5.41) is 12.6. The van der Waals surface area contributed by atoms with Crippen molar-refractivity contribution in [3.63, 3.8) is 0 Å². The molecule has 1 unspecified atom stereocenters. The highest BCUT2D eigenvalue weighted by Crippen LogP contribution is 2.36. The molecule has 0 aromatic rings. The van der Waals surface area contributed by atoms with Gasteiger partial charge in [-0.25, -0.2) is 0 Å². The van der Waals surface area contributed by atoms with E-state index in [1.54, 1.807) is 0 Å². The summed E-state index contributed by atoms with van der Waals surface area (Å²) < 4.78 is 0. The number of carboxylic acids is 1. The molecular formula is C20H35N3O3. The molecule has 0 spiro atoms. The van der Waals surface area contributed by atoms with Crippen molar-refractivity contribution in [3.8, 4) is 0 Å². The number of ketones is 1. The van der Waals surface area contributed by atoms with Gasteiger partial charge in [0, 0.05) is 29.7 Å². The Balaban J connectivity index is 2.33. The van der Waals surface area contributed by atoms with Gasteiger partial charge in [0.2, 0.25) is 0 Å². The fourth-order valence-corrected chi connectivity index (χ4v) is 4.08. The van der Waals surface area contributed by atoms with Gasteiger partial charge in [-0.15, -0.1) is 0 Å². The molecule has 3 atom stereocenters. The van der Waals surface area contributed by atoms with Crippen LogP contribution in [-0.2, 0) is 9.59 Å². The number of carboxylic acid groups (broad SMARTS) is 1. The molecule has 0 heterocycles. The first kappa shape index (κ1) is 22.5. The largest absolute Gasteiger partial charge is 0.481 e. The lowest BCUT2D eigenvalue weighted by Gasteiger charge is -2.20. The number of unbranched alkanes of at least 4 members (excludes halogenated alkanes) is 5. The first-order chi connectivity index (χ1) is 12.6. The molecule has 0 radical (unpaired) electrons. The van der Waals surface area contributed by atoms with Gasteiger partial charge in [0.15, 0.2) is 0 Å². The highest BCUT2D eigenvalue weighted by atomic mass is 16.4. The van der Waals surface area contributed by atoms with Crippen LogP contribution in [0.2, 0.25) is 0 Å². The normalized spacial score (nSPS) is 20.7. The van der Waals surface area contributed by atoms with E-state index in [2.05, 4.69) is 16.9 Å². The average molecular weight is 366 g/mol. The van der Waals surface area contributed by atoms with Crippen LogP contribution < -0.4 is 0 Å². The van der Waals surface area contributed by atoms with E-state index in [-0.39, 0.29) is 18.4 Å². The van der Waals surface area contributed by atoms with Crippen LogP contribution in [0.15, 0.2) is 5.11 Å². The predicted molar refractivity (Wildman–Crippen MR) is 103 cm³/mol. The highest BCUT2D eigenvalue weighted by Gasteiger charge is 2.33. The average Bonchev–Trinajstić information content (AvgIpc) is 2.96. The zero-order valence-electron chi connectivity index (χ0n) is 16.2. The quantitative estimate of drug-likeness (QED) is 0.165. The van der Waals surface area contributed by atoms with Crippen LogP contribution in [0, 0.1) is 11.8 Å². The molecule has 1 fully saturated rings. The van der Waals surface area contributed by atoms with E-state index < -0.39 is 5.97 Å². The monoisotopic (exact) mass is 365 g/mol. The van der Waals surface area contributed by atoms with Gasteiger partial charge in [-0.3, -0.25) is 9.59 Å². The lowest BCUT2D eigenvalue weighted by atomic mass is 9.85. The Hall–Kier alpha value is -1.55. The third kappa shape index (κ3) is 9.23. The number of azide groups is 1. The van der Waals surface area contributed by atoms with Crippen LogP contribution >= 0.6 is 0 Å². The topological polar surface area (TPSA) is 103 Å². The first-order valence-electron chi connectivity index (χ1n) is 10.4. The molecule has 0 saturated heterocycles. The van der Waals surface area contributed by atoms with Gasteiger partial charge in [-0.2, -0.15) is 0 Å². The van der Waals surface area contributed by atoms with Gasteiger partial charge < -0.3 is 5.11 Å². The molecular weight excluding hydrogens is 330 g/mol. The van der Waals surface area contributed by atoms with Crippen molar-refractivity contribution >= 4 is 11.8 Å². The summed E-state index contributed by atoms with van der Waals surface area (Å²) in [5.41, 5.74) is 8.77. The minimum atomic E-state index is -0.732. The Morgan fingerprint density at radius 3 is 2.65 bits per heavy atom. The fourth-order valence-electron chi connectivity index (χ4n) is 4.08. The van der Waals surface area contributed by atoms with Crippen molar-refractivity contribution in [2.75, 3.05) is 0 Å². The number of rotatable bonds is 15. The second kappa shape index (κ2) is 13.6. The molecule has 0 bridgehead atoms. The fraction of sp³-hybridized carbons (Fsp3) is 0.900. The van der Waals surface area contributed by atoms with Crippen LogP contribution in [0.25, 0.3) is 10.4 Å². The SMILES string of the molecule is CCCCCC(CC[C@H]1CCC(=O)[C@@H]1CCCCCCC(=O)O)N=[N+]=[N-]. The third-order valence-electron chi connectivity index (χ3n) is 5.63. The smallest absolute Gasteiger partial charge is 0.303 e. The molecule has 1 aliphatic carbocycles. The van der Waals surface area contributed by atoms with Gasteiger partial charge in [0.1, 0.15) is 5.78 Å². The molecule has 6 heteroatoms. The molecule has 1 N–H and O–H groups in total. The van der Waals surface area contributed by atoms with Crippen molar-refractivity contribution in [2.45, 2.75) is 103 Å². The number of hydrogen-bond donors (Lipinski definition) is 1. The Labute approximate surface area is 157 Å². The Kier molecular flexibility index (Phi) is 11.8. The van der Waals surface area contributed by atoms with Gasteiger partial charge in [-0.1, -0.05) is 50.6 Å². The maximum absolute atomic E-state index is 12.2. The van der Waals surface area contributed by atoms with Crippen LogP contribution in [0.4, 0.5) is 0 Å². The molecule has 1 rings (SSSR count). The number of nitrogens with zero attached hydrogens (tertiary/aromatic N) is 3. The standard InChI is InChI=1S/C20H35N3O3/c1-2-3-6-9-17(22-23-21)14-12-16-13-15-19(24)18(16)10-7-4-5-8-11-20(25)26/h16-18H,2-15H2,1H3,(H,25,26)/t16-,17?,18+/m0/s1. The molecule has 26 heavy (non-hydrogen) atoms. The molecule has 0 aromatic carbocycles. The zero-order valence-corrected chi connectivity index (χ0v) is 16.2. The van der Waals surface area contributed by atoms with Crippen molar-refractivity contribution in [3.05, 3.63) is 10.4 Å². The van der Waals surface area contributed by atoms with E-state index in [1.807, 2.05) is 0 Å². The molecule has 0 aliphatic heterocycles. The van der Waals surface area contributed by atoms with Crippen molar-refractivity contribution in [2.24, 2.45) is 17.0 Å². The van der Waals surface area contributed by atoms with Crippen molar-refractivity contribution < 1.29 is 14.7 Å². The summed E-state index contributed by atoms with van der Waals surface area (Å²) in [6.45, 7) is 2.17. The molecule has 0 amide bonds. The Bertz CT molecular complexity index is 475. The molecule has 148 valence electrons. The molecule has 1 aliphatic rings. The minimum absolute atomic E-state index is 0.0684. The zero-order chi connectivity index (χ0) is 19.2. The maximum atomic E-state index is 12.2. The summed E-state index contributed by atoms with van der Waals surface area (Å²) in [6.07, 6.45) is 12.7. The van der Waals surface area contributed by atoms with Crippen molar-refractivity contribution in [1.82, 2.24) is 0 Å². The summed E-state index contributed by atoms with van der Waals surface area (Å²) in [4.78, 5) is 25.7. The first-order valence-corrected chi connectivity index (χ1v) is 10.4. The third-order valence-corrected chi connectivity index (χ3v) is 5.63. The Morgan fingerprint density at radius 2 is 1.96 bits per heavy atom. The van der Waals surface area contributed by atoms with Crippen LogP contribution in [0.3, 0.4) is 0 Å². The van der Waals surface area contributed by atoms with E-state index in [0.717, 1.165) is 70.6 Å². The second-order valence-electron chi connectivity index (χ2n) is 7.65. The lowest BCUT2D eigenvalue weighted by Crippen LogP contribution is -2.17. The van der Waals surface area contributed by atoms with Gasteiger partial charge >= 0.3 is 5.97 Å². The highest BCUT2D eigenvalue weighted by molar-refractivity contribution is 5.83. The lowest BCUT2D eigenvalue weighted by molar-refractivity contribution is -0.137. The van der Waals surface area contributed by atoms with Gasteiger partial charge in [0.25, 0.3) is 0 Å². The second-order valence-corrected chi connectivity index (χ2v) is 7.65. The van der Waals surface area contributed by atoms with Crippen molar-refractivity contribution in [1.29, 1.82) is 0 Å². The number of carbonyl (C=O) groups is 2. The number of hydrogen-bond acceptors (Lipinski definition) is 3.